The minimum atomic E-state index is -3.56. The number of benzene rings is 1. The van der Waals surface area contributed by atoms with E-state index >= 15 is 0 Å². The molecule has 114 valence electrons. The molecule has 0 spiro atoms. The summed E-state index contributed by atoms with van der Waals surface area (Å²) in [5.41, 5.74) is 1.28. The van der Waals surface area contributed by atoms with Crippen molar-refractivity contribution in [2.45, 2.75) is 18.6 Å². The lowest BCUT2D eigenvalue weighted by atomic mass is 10.2. The molecule has 0 aliphatic carbocycles. The molecule has 0 aliphatic rings. The first-order valence-corrected chi connectivity index (χ1v) is 7.76. The van der Waals surface area contributed by atoms with E-state index in [4.69, 9.17) is 4.42 Å². The normalized spacial score (nSPS) is 11.9. The zero-order valence-electron chi connectivity index (χ0n) is 12.1. The van der Waals surface area contributed by atoms with Gasteiger partial charge in [-0.1, -0.05) is 0 Å². The zero-order valence-corrected chi connectivity index (χ0v) is 12.9. The van der Waals surface area contributed by atoms with Gasteiger partial charge in [0.25, 0.3) is 10.0 Å². The van der Waals surface area contributed by atoms with Crippen molar-refractivity contribution in [3.63, 3.8) is 0 Å². The van der Waals surface area contributed by atoms with E-state index in [1.165, 1.54) is 26.2 Å². The van der Waals surface area contributed by atoms with Crippen LogP contribution in [0.25, 0.3) is 0 Å². The molecule has 2 aromatic rings. The van der Waals surface area contributed by atoms with Crippen molar-refractivity contribution in [3.05, 3.63) is 47.5 Å². The van der Waals surface area contributed by atoms with Crippen molar-refractivity contribution in [1.82, 2.24) is 4.31 Å². The number of nitrogens with zero attached hydrogens (tertiary/aromatic N) is 1. The van der Waals surface area contributed by atoms with Gasteiger partial charge in [-0.2, -0.15) is 0 Å². The fraction of sp³-hybridized carbons (Fsp3) is 0.286. The Morgan fingerprint density at radius 1 is 1.24 bits per heavy atom. The summed E-state index contributed by atoms with van der Waals surface area (Å²) in [7, 11) is -0.679. The van der Waals surface area contributed by atoms with Crippen LogP contribution in [0.15, 0.2) is 39.8 Å². The molecule has 0 atom stereocenters. The predicted octanol–water partition coefficient (Wildman–Crippen LogP) is 2.59. The standard InChI is InChI=1S/C14H17FN2O3S/c1-10-8-11(4-6-13(10)15)16-9-12-5-7-14(20-12)21(18,19)17(2)3/h4-8,16H,9H2,1-3H3. The average Bonchev–Trinajstić information content (AvgIpc) is 2.89. The highest BCUT2D eigenvalue weighted by molar-refractivity contribution is 7.88. The third-order valence-corrected chi connectivity index (χ3v) is 4.69. The monoisotopic (exact) mass is 312 g/mol. The number of hydrogen-bond acceptors (Lipinski definition) is 4. The summed E-state index contributed by atoms with van der Waals surface area (Å²) in [6.45, 7) is 1.99. The number of furan rings is 1. The second-order valence-corrected chi connectivity index (χ2v) is 6.91. The molecule has 5 nitrogen and oxygen atoms in total. The van der Waals surface area contributed by atoms with Crippen molar-refractivity contribution < 1.29 is 17.2 Å². The van der Waals surface area contributed by atoms with Crippen LogP contribution in [0.4, 0.5) is 10.1 Å². The number of nitrogens with one attached hydrogen (secondary N) is 1. The first kappa shape index (κ1) is 15.5. The Morgan fingerprint density at radius 3 is 2.57 bits per heavy atom. The highest BCUT2D eigenvalue weighted by Gasteiger charge is 2.21. The third-order valence-electron chi connectivity index (χ3n) is 3.00. The van der Waals surface area contributed by atoms with Gasteiger partial charge in [0.1, 0.15) is 11.6 Å². The van der Waals surface area contributed by atoms with E-state index in [0.717, 1.165) is 9.99 Å². The number of anilines is 1. The van der Waals surface area contributed by atoms with Gasteiger partial charge in [0, 0.05) is 19.8 Å². The number of aryl methyl sites for hydroxylation is 1. The summed E-state index contributed by atoms with van der Waals surface area (Å²) >= 11 is 0. The molecule has 7 heteroatoms. The Morgan fingerprint density at radius 2 is 1.95 bits per heavy atom. The molecule has 21 heavy (non-hydrogen) atoms. The summed E-state index contributed by atoms with van der Waals surface area (Å²) in [4.78, 5) is 0. The van der Waals surface area contributed by atoms with Crippen LogP contribution in [0, 0.1) is 12.7 Å². The van der Waals surface area contributed by atoms with E-state index in [9.17, 15) is 12.8 Å². The van der Waals surface area contributed by atoms with Crippen LogP contribution >= 0.6 is 0 Å². The van der Waals surface area contributed by atoms with Crippen LogP contribution in [0.1, 0.15) is 11.3 Å². The van der Waals surface area contributed by atoms with Gasteiger partial charge in [0.05, 0.1) is 6.54 Å². The Bertz CT molecular complexity index is 738. The lowest BCUT2D eigenvalue weighted by Gasteiger charge is -2.08. The van der Waals surface area contributed by atoms with E-state index in [0.29, 0.717) is 17.9 Å². The van der Waals surface area contributed by atoms with Crippen LogP contribution < -0.4 is 5.32 Å². The topological polar surface area (TPSA) is 62.6 Å². The molecule has 1 aromatic heterocycles. The highest BCUT2D eigenvalue weighted by Crippen LogP contribution is 2.19. The minimum Gasteiger partial charge on any atom is -0.446 e. The predicted molar refractivity (Wildman–Crippen MR) is 78.0 cm³/mol. The van der Waals surface area contributed by atoms with Gasteiger partial charge in [0.2, 0.25) is 5.09 Å². The molecule has 0 radical (unpaired) electrons. The largest absolute Gasteiger partial charge is 0.446 e. The Hall–Kier alpha value is -1.86. The maximum atomic E-state index is 13.2. The molecule has 1 heterocycles. The van der Waals surface area contributed by atoms with Crippen LogP contribution in [-0.4, -0.2) is 26.8 Å². The number of halogens is 1. The number of hydrogen-bond donors (Lipinski definition) is 1. The van der Waals surface area contributed by atoms with Gasteiger partial charge >= 0.3 is 0 Å². The molecule has 0 saturated carbocycles. The Balaban J connectivity index is 2.08. The van der Waals surface area contributed by atoms with Gasteiger partial charge in [-0.15, -0.1) is 0 Å². The van der Waals surface area contributed by atoms with E-state index in [2.05, 4.69) is 5.32 Å². The smallest absolute Gasteiger partial charge is 0.275 e. The van der Waals surface area contributed by atoms with Crippen molar-refractivity contribution in [3.8, 4) is 0 Å². The first-order chi connectivity index (χ1) is 9.80. The fourth-order valence-electron chi connectivity index (χ4n) is 1.72. The van der Waals surface area contributed by atoms with Crippen molar-refractivity contribution in [1.29, 1.82) is 0 Å². The van der Waals surface area contributed by atoms with Crippen molar-refractivity contribution >= 4 is 15.7 Å². The van der Waals surface area contributed by atoms with Gasteiger partial charge in [-0.3, -0.25) is 0 Å². The molecule has 0 amide bonds. The van der Waals surface area contributed by atoms with E-state index < -0.39 is 10.0 Å². The van der Waals surface area contributed by atoms with Gasteiger partial charge in [-0.25, -0.2) is 17.1 Å². The summed E-state index contributed by atoms with van der Waals surface area (Å²) in [5.74, 6) is 0.218. The lowest BCUT2D eigenvalue weighted by Crippen LogP contribution is -2.21. The molecule has 0 unspecified atom stereocenters. The average molecular weight is 312 g/mol. The summed E-state index contributed by atoms with van der Waals surface area (Å²) in [6, 6.07) is 7.68. The first-order valence-electron chi connectivity index (χ1n) is 6.32. The molecule has 2 rings (SSSR count). The van der Waals surface area contributed by atoms with Crippen molar-refractivity contribution in [2.24, 2.45) is 0 Å². The molecule has 0 bridgehead atoms. The third kappa shape index (κ3) is 3.43. The number of sulfonamides is 1. The molecule has 0 aliphatic heterocycles. The molecule has 1 aromatic carbocycles. The highest BCUT2D eigenvalue weighted by atomic mass is 32.2. The fourth-order valence-corrected chi connectivity index (χ4v) is 2.53. The van der Waals surface area contributed by atoms with Crippen LogP contribution in [0.3, 0.4) is 0 Å². The van der Waals surface area contributed by atoms with Crippen LogP contribution in [-0.2, 0) is 16.6 Å². The van der Waals surface area contributed by atoms with E-state index in [-0.39, 0.29) is 10.9 Å². The SMILES string of the molecule is Cc1cc(NCc2ccc(S(=O)(=O)N(C)C)o2)ccc1F. The van der Waals surface area contributed by atoms with Crippen LogP contribution in [0.5, 0.6) is 0 Å². The maximum Gasteiger partial charge on any atom is 0.275 e. The Kier molecular flexibility index (Phi) is 4.34. The Labute approximate surface area is 123 Å². The maximum absolute atomic E-state index is 13.2. The zero-order chi connectivity index (χ0) is 15.6. The lowest BCUT2D eigenvalue weighted by molar-refractivity contribution is 0.402. The molecule has 1 N–H and O–H groups in total. The van der Waals surface area contributed by atoms with E-state index in [1.807, 2.05) is 0 Å². The summed E-state index contributed by atoms with van der Waals surface area (Å²) < 4.78 is 43.3. The van der Waals surface area contributed by atoms with Gasteiger partial charge in [-0.05, 0) is 42.8 Å². The molecular formula is C14H17FN2O3S. The molecule has 0 fully saturated rings. The second kappa shape index (κ2) is 5.87. The molecular weight excluding hydrogens is 295 g/mol. The summed E-state index contributed by atoms with van der Waals surface area (Å²) in [6.07, 6.45) is 0. The van der Waals surface area contributed by atoms with Gasteiger partial charge < -0.3 is 9.73 Å². The molecule has 0 saturated heterocycles. The van der Waals surface area contributed by atoms with Crippen LogP contribution in [0.2, 0.25) is 0 Å². The minimum absolute atomic E-state index is 0.0976. The van der Waals surface area contributed by atoms with Gasteiger partial charge in [0.15, 0.2) is 0 Å². The second-order valence-electron chi connectivity index (χ2n) is 4.83. The van der Waals surface area contributed by atoms with E-state index in [1.54, 1.807) is 25.1 Å². The summed E-state index contributed by atoms with van der Waals surface area (Å²) in [5, 5.41) is 2.96. The van der Waals surface area contributed by atoms with Crippen molar-refractivity contribution in [2.75, 3.05) is 19.4 Å². The number of rotatable bonds is 5. The quantitative estimate of drug-likeness (QED) is 0.922.